The van der Waals surface area contributed by atoms with Crippen LogP contribution in [0.3, 0.4) is 0 Å². The second kappa shape index (κ2) is 5.89. The Morgan fingerprint density at radius 2 is 1.95 bits per heavy atom. The van der Waals surface area contributed by atoms with Crippen molar-refractivity contribution in [3.8, 4) is 5.75 Å². The molecule has 0 aliphatic carbocycles. The summed E-state index contributed by atoms with van der Waals surface area (Å²) in [6.07, 6.45) is 0. The van der Waals surface area contributed by atoms with Crippen LogP contribution in [0.25, 0.3) is 0 Å². The van der Waals surface area contributed by atoms with Crippen molar-refractivity contribution in [2.24, 2.45) is 0 Å². The average Bonchev–Trinajstić information content (AvgIpc) is 2.36. The van der Waals surface area contributed by atoms with E-state index in [-0.39, 0.29) is 12.4 Å². The molecule has 98 valence electrons. The van der Waals surface area contributed by atoms with Gasteiger partial charge in [0.15, 0.2) is 12.4 Å². The maximum atomic E-state index is 12.1. The molecule has 2 aromatic rings. The largest absolute Gasteiger partial charge is 0.485 e. The molecule has 0 fully saturated rings. The van der Waals surface area contributed by atoms with E-state index in [2.05, 4.69) is 0 Å². The Morgan fingerprint density at radius 1 is 1.16 bits per heavy atom. The van der Waals surface area contributed by atoms with E-state index in [4.69, 9.17) is 16.3 Å². The molecule has 2 nitrogen and oxygen atoms in total. The molecule has 0 atom stereocenters. The zero-order chi connectivity index (χ0) is 13.8. The lowest BCUT2D eigenvalue weighted by atomic mass is 10.0. The lowest BCUT2D eigenvalue weighted by molar-refractivity contribution is 0.0921. The third-order valence-electron chi connectivity index (χ3n) is 2.85. The van der Waals surface area contributed by atoms with Gasteiger partial charge in [-0.2, -0.15) is 0 Å². The summed E-state index contributed by atoms with van der Waals surface area (Å²) in [5.41, 5.74) is 2.82. The summed E-state index contributed by atoms with van der Waals surface area (Å²) < 4.78 is 5.45. The SMILES string of the molecule is Cc1ccc(C(=O)COc2cccc(Cl)c2)c(C)c1. The fourth-order valence-corrected chi connectivity index (χ4v) is 2.09. The molecule has 2 aromatic carbocycles. The summed E-state index contributed by atoms with van der Waals surface area (Å²) >= 11 is 5.85. The number of carbonyl (C=O) groups excluding carboxylic acids is 1. The van der Waals surface area contributed by atoms with Gasteiger partial charge in [-0.05, 0) is 37.6 Å². The number of hydrogen-bond acceptors (Lipinski definition) is 2. The van der Waals surface area contributed by atoms with E-state index in [1.54, 1.807) is 24.3 Å². The minimum absolute atomic E-state index is 0.0181. The normalized spacial score (nSPS) is 10.3. The van der Waals surface area contributed by atoms with E-state index in [0.717, 1.165) is 11.1 Å². The van der Waals surface area contributed by atoms with Gasteiger partial charge >= 0.3 is 0 Å². The highest BCUT2D eigenvalue weighted by atomic mass is 35.5. The minimum Gasteiger partial charge on any atom is -0.485 e. The molecule has 0 saturated heterocycles. The molecule has 0 bridgehead atoms. The standard InChI is InChI=1S/C16H15ClO2/c1-11-6-7-15(12(2)8-11)16(18)10-19-14-5-3-4-13(17)9-14/h3-9H,10H2,1-2H3. The highest BCUT2D eigenvalue weighted by Crippen LogP contribution is 2.18. The highest BCUT2D eigenvalue weighted by molar-refractivity contribution is 6.30. The minimum atomic E-state index is -0.0301. The molecule has 2 rings (SSSR count). The van der Waals surface area contributed by atoms with Gasteiger partial charge in [0.2, 0.25) is 0 Å². The molecule has 0 heterocycles. The Labute approximate surface area is 118 Å². The number of halogens is 1. The maximum absolute atomic E-state index is 12.1. The van der Waals surface area contributed by atoms with Crippen molar-refractivity contribution in [3.05, 3.63) is 64.2 Å². The number of hydrogen-bond donors (Lipinski definition) is 0. The Kier molecular flexibility index (Phi) is 4.23. The highest BCUT2D eigenvalue weighted by Gasteiger charge is 2.10. The van der Waals surface area contributed by atoms with E-state index < -0.39 is 0 Å². The van der Waals surface area contributed by atoms with Gasteiger partial charge < -0.3 is 4.74 Å². The summed E-state index contributed by atoms with van der Waals surface area (Å²) in [5.74, 6) is 0.572. The molecule has 0 spiro atoms. The molecule has 3 heteroatoms. The molecule has 0 unspecified atom stereocenters. The first-order chi connectivity index (χ1) is 9.06. The van der Waals surface area contributed by atoms with Crippen molar-refractivity contribution in [1.29, 1.82) is 0 Å². The van der Waals surface area contributed by atoms with Crippen molar-refractivity contribution in [2.45, 2.75) is 13.8 Å². The molecule has 0 amide bonds. The van der Waals surface area contributed by atoms with E-state index in [1.807, 2.05) is 32.0 Å². The number of benzene rings is 2. The van der Waals surface area contributed by atoms with Crippen LogP contribution in [-0.4, -0.2) is 12.4 Å². The lowest BCUT2D eigenvalue weighted by Crippen LogP contribution is -2.13. The van der Waals surface area contributed by atoms with Crippen LogP contribution in [0.2, 0.25) is 5.02 Å². The van der Waals surface area contributed by atoms with Crippen LogP contribution in [0.4, 0.5) is 0 Å². The van der Waals surface area contributed by atoms with Crippen molar-refractivity contribution in [3.63, 3.8) is 0 Å². The van der Waals surface area contributed by atoms with Crippen LogP contribution in [0.15, 0.2) is 42.5 Å². The first-order valence-corrected chi connectivity index (χ1v) is 6.43. The summed E-state index contributed by atoms with van der Waals surface area (Å²) in [4.78, 5) is 12.1. The van der Waals surface area contributed by atoms with Crippen LogP contribution in [0.5, 0.6) is 5.75 Å². The Morgan fingerprint density at radius 3 is 2.63 bits per heavy atom. The lowest BCUT2D eigenvalue weighted by Gasteiger charge is -2.08. The topological polar surface area (TPSA) is 26.3 Å². The number of Topliss-reactive ketones (excluding diaryl/α,β-unsaturated/α-hetero) is 1. The van der Waals surface area contributed by atoms with Gasteiger partial charge in [-0.25, -0.2) is 0 Å². The number of carbonyl (C=O) groups is 1. The van der Waals surface area contributed by atoms with E-state index in [9.17, 15) is 4.79 Å². The van der Waals surface area contributed by atoms with Crippen molar-refractivity contribution < 1.29 is 9.53 Å². The average molecular weight is 275 g/mol. The van der Waals surface area contributed by atoms with Gasteiger partial charge in [-0.1, -0.05) is 41.4 Å². The first kappa shape index (κ1) is 13.6. The monoisotopic (exact) mass is 274 g/mol. The molecular weight excluding hydrogens is 260 g/mol. The number of ketones is 1. The van der Waals surface area contributed by atoms with E-state index in [1.165, 1.54) is 0 Å². The van der Waals surface area contributed by atoms with Gasteiger partial charge in [0, 0.05) is 10.6 Å². The molecule has 0 N–H and O–H groups in total. The van der Waals surface area contributed by atoms with Crippen LogP contribution >= 0.6 is 11.6 Å². The summed E-state index contributed by atoms with van der Waals surface area (Å²) in [6, 6.07) is 12.8. The number of ether oxygens (including phenoxy) is 1. The Bertz CT molecular complexity index is 605. The third kappa shape index (κ3) is 3.58. The van der Waals surface area contributed by atoms with Gasteiger partial charge in [0.05, 0.1) is 0 Å². The smallest absolute Gasteiger partial charge is 0.200 e. The molecule has 0 aromatic heterocycles. The summed E-state index contributed by atoms with van der Waals surface area (Å²) in [6.45, 7) is 3.95. The molecular formula is C16H15ClO2. The molecule has 0 aliphatic heterocycles. The molecule has 0 aliphatic rings. The van der Waals surface area contributed by atoms with Crippen LogP contribution < -0.4 is 4.74 Å². The number of rotatable bonds is 4. The van der Waals surface area contributed by atoms with Crippen LogP contribution in [-0.2, 0) is 0 Å². The van der Waals surface area contributed by atoms with Crippen molar-refractivity contribution in [1.82, 2.24) is 0 Å². The van der Waals surface area contributed by atoms with E-state index in [0.29, 0.717) is 16.3 Å². The quantitative estimate of drug-likeness (QED) is 0.781. The second-order valence-corrected chi connectivity index (χ2v) is 4.92. The first-order valence-electron chi connectivity index (χ1n) is 6.05. The molecule has 19 heavy (non-hydrogen) atoms. The van der Waals surface area contributed by atoms with Gasteiger partial charge in [-0.3, -0.25) is 4.79 Å². The fraction of sp³-hybridized carbons (Fsp3) is 0.188. The second-order valence-electron chi connectivity index (χ2n) is 4.49. The third-order valence-corrected chi connectivity index (χ3v) is 3.08. The van der Waals surface area contributed by atoms with Crippen molar-refractivity contribution in [2.75, 3.05) is 6.61 Å². The summed E-state index contributed by atoms with van der Waals surface area (Å²) in [7, 11) is 0. The van der Waals surface area contributed by atoms with Crippen molar-refractivity contribution >= 4 is 17.4 Å². The molecule has 0 saturated carbocycles. The molecule has 0 radical (unpaired) electrons. The predicted octanol–water partition coefficient (Wildman–Crippen LogP) is 4.22. The Hall–Kier alpha value is -1.80. The summed E-state index contributed by atoms with van der Waals surface area (Å²) in [5, 5.41) is 0.594. The fourth-order valence-electron chi connectivity index (χ4n) is 1.91. The zero-order valence-electron chi connectivity index (χ0n) is 10.9. The van der Waals surface area contributed by atoms with E-state index >= 15 is 0 Å². The zero-order valence-corrected chi connectivity index (χ0v) is 11.7. The van der Waals surface area contributed by atoms with Crippen LogP contribution in [0, 0.1) is 13.8 Å². The van der Waals surface area contributed by atoms with Gasteiger partial charge in [-0.15, -0.1) is 0 Å². The number of aryl methyl sites for hydroxylation is 2. The van der Waals surface area contributed by atoms with Gasteiger partial charge in [0.1, 0.15) is 5.75 Å². The Balaban J connectivity index is 2.05. The maximum Gasteiger partial charge on any atom is 0.200 e. The predicted molar refractivity (Wildman–Crippen MR) is 77.2 cm³/mol. The van der Waals surface area contributed by atoms with Crippen LogP contribution in [0.1, 0.15) is 21.5 Å². The van der Waals surface area contributed by atoms with Gasteiger partial charge in [0.25, 0.3) is 0 Å².